The molecule has 4 aromatic carbocycles. The highest BCUT2D eigenvalue weighted by Gasteiger charge is 2.20. The second-order valence-electron chi connectivity index (χ2n) is 7.12. The minimum atomic E-state index is -0.617. The lowest BCUT2D eigenvalue weighted by molar-refractivity contribution is -0.385. The minimum Gasteiger partial charge on any atom is -0.450 e. The van der Waals surface area contributed by atoms with Crippen molar-refractivity contribution >= 4 is 17.1 Å². The van der Waals surface area contributed by atoms with E-state index in [-0.39, 0.29) is 51.6 Å². The molecule has 0 aliphatic rings. The number of rotatable bonds is 9. The highest BCUT2D eigenvalue weighted by atomic mass is 16.6. The minimum absolute atomic E-state index is 0.0222. The Balaban J connectivity index is 1.77. The van der Waals surface area contributed by atoms with E-state index in [1.54, 1.807) is 18.2 Å². The molecule has 0 saturated heterocycles. The number of nitrogens with zero attached hydrogens (tertiary/aromatic N) is 3. The van der Waals surface area contributed by atoms with Gasteiger partial charge in [0.1, 0.15) is 17.2 Å². The van der Waals surface area contributed by atoms with Crippen LogP contribution in [0.2, 0.25) is 0 Å². The zero-order valence-corrected chi connectivity index (χ0v) is 18.2. The zero-order valence-electron chi connectivity index (χ0n) is 18.2. The first-order chi connectivity index (χ1) is 17.3. The summed E-state index contributed by atoms with van der Waals surface area (Å²) >= 11 is 0. The molecule has 0 aliphatic carbocycles. The Morgan fingerprint density at radius 3 is 0.944 bits per heavy atom. The number of nitro groups is 3. The summed E-state index contributed by atoms with van der Waals surface area (Å²) in [6.07, 6.45) is 0. The van der Waals surface area contributed by atoms with E-state index in [2.05, 4.69) is 0 Å². The van der Waals surface area contributed by atoms with Gasteiger partial charge in [0.25, 0.3) is 0 Å². The van der Waals surface area contributed by atoms with Gasteiger partial charge in [0.15, 0.2) is 0 Å². The van der Waals surface area contributed by atoms with E-state index in [9.17, 15) is 30.3 Å². The van der Waals surface area contributed by atoms with Crippen LogP contribution in [-0.2, 0) is 0 Å². The van der Waals surface area contributed by atoms with Crippen molar-refractivity contribution in [2.24, 2.45) is 0 Å². The molecule has 0 amide bonds. The molecule has 12 nitrogen and oxygen atoms in total. The molecule has 0 N–H and O–H groups in total. The third-order valence-electron chi connectivity index (χ3n) is 4.72. The van der Waals surface area contributed by atoms with Gasteiger partial charge in [-0.3, -0.25) is 30.3 Å². The average Bonchev–Trinajstić information content (AvgIpc) is 2.84. The van der Waals surface area contributed by atoms with E-state index in [1.165, 1.54) is 72.8 Å². The maximum atomic E-state index is 11.4. The molecule has 4 aromatic rings. The van der Waals surface area contributed by atoms with Crippen LogP contribution >= 0.6 is 0 Å². The van der Waals surface area contributed by atoms with Crippen LogP contribution < -0.4 is 14.2 Å². The average molecular weight is 489 g/mol. The molecule has 0 saturated carbocycles. The summed E-state index contributed by atoms with van der Waals surface area (Å²) in [5.74, 6) is -0.178. The fraction of sp³-hybridized carbons (Fsp3) is 0. The molecule has 0 unspecified atom stereocenters. The Labute approximate surface area is 202 Å². The van der Waals surface area contributed by atoms with E-state index in [0.29, 0.717) is 0 Å². The lowest BCUT2D eigenvalue weighted by Gasteiger charge is -2.13. The van der Waals surface area contributed by atoms with Crippen molar-refractivity contribution in [2.75, 3.05) is 0 Å². The molecule has 180 valence electrons. The number of benzene rings is 4. The van der Waals surface area contributed by atoms with E-state index < -0.39 is 14.8 Å². The molecule has 0 radical (unpaired) electrons. The lowest BCUT2D eigenvalue weighted by atomic mass is 10.2. The Morgan fingerprint density at radius 1 is 0.444 bits per heavy atom. The Morgan fingerprint density at radius 2 is 0.694 bits per heavy atom. The van der Waals surface area contributed by atoms with E-state index in [0.717, 1.165) is 0 Å². The number of para-hydroxylation sites is 6. The summed E-state index contributed by atoms with van der Waals surface area (Å²) < 4.78 is 17.1. The van der Waals surface area contributed by atoms with Crippen molar-refractivity contribution in [1.29, 1.82) is 0 Å². The van der Waals surface area contributed by atoms with Crippen LogP contribution in [0.1, 0.15) is 0 Å². The summed E-state index contributed by atoms with van der Waals surface area (Å²) in [4.78, 5) is 32.3. The van der Waals surface area contributed by atoms with Gasteiger partial charge in [0.05, 0.1) is 14.8 Å². The summed E-state index contributed by atoms with van der Waals surface area (Å²) in [6.45, 7) is 0. The molecular weight excluding hydrogens is 474 g/mol. The summed E-state index contributed by atoms with van der Waals surface area (Å²) in [5, 5.41) is 34.1. The Kier molecular flexibility index (Phi) is 6.68. The summed E-state index contributed by atoms with van der Waals surface area (Å²) in [5.41, 5.74) is -0.906. The van der Waals surface area contributed by atoms with Crippen LogP contribution in [0.4, 0.5) is 17.1 Å². The molecular formula is C24H15N3O9. The fourth-order valence-electron chi connectivity index (χ4n) is 3.19. The van der Waals surface area contributed by atoms with Crippen LogP contribution in [0.25, 0.3) is 0 Å². The largest absolute Gasteiger partial charge is 0.450 e. The first-order valence-corrected chi connectivity index (χ1v) is 10.2. The molecule has 0 aromatic heterocycles. The second kappa shape index (κ2) is 10.2. The fourth-order valence-corrected chi connectivity index (χ4v) is 3.19. The van der Waals surface area contributed by atoms with Crippen molar-refractivity contribution in [3.63, 3.8) is 0 Å². The molecule has 0 atom stereocenters. The van der Waals surface area contributed by atoms with Gasteiger partial charge >= 0.3 is 17.1 Å². The molecule has 0 fully saturated rings. The van der Waals surface area contributed by atoms with Gasteiger partial charge in [-0.25, -0.2) is 0 Å². The van der Waals surface area contributed by atoms with Gasteiger partial charge < -0.3 is 14.2 Å². The molecule has 0 heterocycles. The van der Waals surface area contributed by atoms with E-state index in [4.69, 9.17) is 14.2 Å². The van der Waals surface area contributed by atoms with E-state index in [1.807, 2.05) is 0 Å². The first-order valence-electron chi connectivity index (χ1n) is 10.2. The van der Waals surface area contributed by atoms with Crippen LogP contribution in [0.3, 0.4) is 0 Å². The Hall–Kier alpha value is -5.52. The van der Waals surface area contributed by atoms with Crippen LogP contribution in [0.15, 0.2) is 91.0 Å². The number of ether oxygens (including phenoxy) is 3. The zero-order chi connectivity index (χ0) is 25.7. The summed E-state index contributed by atoms with van der Waals surface area (Å²) in [7, 11) is 0. The number of hydrogen-bond donors (Lipinski definition) is 0. The molecule has 36 heavy (non-hydrogen) atoms. The SMILES string of the molecule is O=[N+]([O-])c1ccccc1Oc1cc(Oc2ccccc2[N+](=O)[O-])cc(Oc2ccccc2[N+](=O)[O-])c1. The lowest BCUT2D eigenvalue weighted by Crippen LogP contribution is -1.96. The van der Waals surface area contributed by atoms with Gasteiger partial charge in [-0.2, -0.15) is 0 Å². The third-order valence-corrected chi connectivity index (χ3v) is 4.72. The third kappa shape index (κ3) is 5.34. The molecule has 12 heteroatoms. The standard InChI is InChI=1S/C24H15N3O9/c28-25(29)19-7-1-4-10-22(19)34-16-13-17(35-23-11-5-2-8-20(23)26(30)31)15-18(14-16)36-24-12-6-3-9-21(24)27(32)33/h1-15H. The van der Waals surface area contributed by atoms with Crippen LogP contribution in [0, 0.1) is 30.3 Å². The highest BCUT2D eigenvalue weighted by Crippen LogP contribution is 2.40. The van der Waals surface area contributed by atoms with Crippen LogP contribution in [-0.4, -0.2) is 14.8 Å². The monoisotopic (exact) mass is 489 g/mol. The van der Waals surface area contributed by atoms with Crippen LogP contribution in [0.5, 0.6) is 34.5 Å². The highest BCUT2D eigenvalue weighted by molar-refractivity contribution is 5.54. The quantitative estimate of drug-likeness (QED) is 0.182. The van der Waals surface area contributed by atoms with Gasteiger partial charge in [0, 0.05) is 36.4 Å². The maximum Gasteiger partial charge on any atom is 0.311 e. The molecule has 0 aliphatic heterocycles. The van der Waals surface area contributed by atoms with Crippen molar-refractivity contribution in [2.45, 2.75) is 0 Å². The first kappa shape index (κ1) is 23.6. The number of nitro benzene ring substituents is 3. The van der Waals surface area contributed by atoms with Gasteiger partial charge in [-0.05, 0) is 18.2 Å². The topological polar surface area (TPSA) is 157 Å². The predicted molar refractivity (Wildman–Crippen MR) is 126 cm³/mol. The van der Waals surface area contributed by atoms with Gasteiger partial charge in [-0.1, -0.05) is 36.4 Å². The molecule has 0 bridgehead atoms. The van der Waals surface area contributed by atoms with Crippen molar-refractivity contribution in [1.82, 2.24) is 0 Å². The van der Waals surface area contributed by atoms with Crippen molar-refractivity contribution in [3.05, 3.63) is 121 Å². The Bertz CT molecular complexity index is 1290. The normalized spacial score (nSPS) is 10.3. The molecule has 4 rings (SSSR count). The molecule has 0 spiro atoms. The second-order valence-corrected chi connectivity index (χ2v) is 7.12. The van der Waals surface area contributed by atoms with E-state index >= 15 is 0 Å². The van der Waals surface area contributed by atoms with Gasteiger partial charge in [0.2, 0.25) is 17.2 Å². The summed E-state index contributed by atoms with van der Waals surface area (Å²) in [6, 6.07) is 21.0. The predicted octanol–water partition coefficient (Wildman–Crippen LogP) is 6.79. The maximum absolute atomic E-state index is 11.4. The smallest absolute Gasteiger partial charge is 0.311 e. The number of hydrogen-bond acceptors (Lipinski definition) is 9. The van der Waals surface area contributed by atoms with Crippen molar-refractivity contribution < 1.29 is 29.0 Å². The van der Waals surface area contributed by atoms with Crippen molar-refractivity contribution in [3.8, 4) is 34.5 Å². The van der Waals surface area contributed by atoms with Gasteiger partial charge in [-0.15, -0.1) is 0 Å².